The third-order valence-corrected chi connectivity index (χ3v) is 9.05. The molecule has 224 valence electrons. The Balaban J connectivity index is 1.23. The average molecular weight is 613 g/mol. The molecule has 0 fully saturated rings. The molecule has 5 aromatic carbocycles. The van der Waals surface area contributed by atoms with Crippen LogP contribution in [-0.2, 0) is 0 Å². The van der Waals surface area contributed by atoms with E-state index < -0.39 is 0 Å². The van der Waals surface area contributed by atoms with Gasteiger partial charge in [-0.25, -0.2) is 4.98 Å². The highest BCUT2D eigenvalue weighted by molar-refractivity contribution is 6.12. The van der Waals surface area contributed by atoms with Gasteiger partial charge in [0.2, 0.25) is 0 Å². The Morgan fingerprint density at radius 3 is 1.52 bits per heavy atom. The summed E-state index contributed by atoms with van der Waals surface area (Å²) in [6.07, 6.45) is 5.55. The minimum Gasteiger partial charge on any atom is -0.256 e. The Labute approximate surface area is 278 Å². The van der Waals surface area contributed by atoms with Crippen molar-refractivity contribution in [1.82, 2.24) is 19.9 Å². The molecule has 0 spiro atoms. The number of fused-ring (bicyclic) bond motifs is 4. The van der Waals surface area contributed by atoms with E-state index in [9.17, 15) is 0 Å². The lowest BCUT2D eigenvalue weighted by molar-refractivity contribution is 1.33. The number of hydrogen-bond donors (Lipinski definition) is 0. The zero-order chi connectivity index (χ0) is 31.9. The Kier molecular flexibility index (Phi) is 6.76. The fourth-order valence-corrected chi connectivity index (χ4v) is 6.60. The van der Waals surface area contributed by atoms with Gasteiger partial charge in [0.25, 0.3) is 0 Å². The molecule has 0 aliphatic carbocycles. The van der Waals surface area contributed by atoms with Gasteiger partial charge in [-0.3, -0.25) is 15.0 Å². The van der Waals surface area contributed by atoms with Crippen LogP contribution in [0.3, 0.4) is 0 Å². The minimum absolute atomic E-state index is 0.882. The van der Waals surface area contributed by atoms with Crippen LogP contribution in [0.25, 0.3) is 88.6 Å². The lowest BCUT2D eigenvalue weighted by Crippen LogP contribution is -1.94. The van der Waals surface area contributed by atoms with Crippen LogP contribution in [0.1, 0.15) is 0 Å². The molecule has 4 nitrogen and oxygen atoms in total. The van der Waals surface area contributed by atoms with Crippen LogP contribution in [0.4, 0.5) is 0 Å². The van der Waals surface area contributed by atoms with Gasteiger partial charge in [0.15, 0.2) is 0 Å². The number of nitrogens with zero attached hydrogens (tertiary/aromatic N) is 4. The van der Waals surface area contributed by atoms with Gasteiger partial charge < -0.3 is 0 Å². The fourth-order valence-electron chi connectivity index (χ4n) is 6.60. The predicted molar refractivity (Wildman–Crippen MR) is 197 cm³/mol. The summed E-state index contributed by atoms with van der Waals surface area (Å²) < 4.78 is 0. The van der Waals surface area contributed by atoms with Gasteiger partial charge >= 0.3 is 0 Å². The van der Waals surface area contributed by atoms with Crippen molar-refractivity contribution in [2.75, 3.05) is 0 Å². The molecule has 4 heteroatoms. The quantitative estimate of drug-likeness (QED) is 0.181. The molecular weight excluding hydrogens is 585 g/mol. The first-order valence-corrected chi connectivity index (χ1v) is 16.0. The van der Waals surface area contributed by atoms with Gasteiger partial charge in [0, 0.05) is 46.1 Å². The molecule has 0 aliphatic heterocycles. The Hall–Kier alpha value is -6.52. The van der Waals surface area contributed by atoms with Gasteiger partial charge in [0.1, 0.15) is 0 Å². The average Bonchev–Trinajstić information content (AvgIpc) is 3.18. The van der Waals surface area contributed by atoms with Crippen molar-refractivity contribution in [3.63, 3.8) is 0 Å². The van der Waals surface area contributed by atoms with E-state index in [-0.39, 0.29) is 0 Å². The number of aromatic nitrogens is 4. The van der Waals surface area contributed by atoms with E-state index in [1.807, 2.05) is 55.0 Å². The smallest absolute Gasteiger partial charge is 0.0978 e. The van der Waals surface area contributed by atoms with Crippen molar-refractivity contribution < 1.29 is 0 Å². The largest absolute Gasteiger partial charge is 0.256 e. The molecule has 0 bridgehead atoms. The topological polar surface area (TPSA) is 51.6 Å². The van der Waals surface area contributed by atoms with Gasteiger partial charge in [0.05, 0.1) is 28.1 Å². The van der Waals surface area contributed by atoms with Crippen molar-refractivity contribution in [3.8, 4) is 56.0 Å². The van der Waals surface area contributed by atoms with E-state index in [2.05, 4.69) is 125 Å². The van der Waals surface area contributed by atoms with Crippen LogP contribution >= 0.6 is 0 Å². The molecule has 0 atom stereocenters. The maximum absolute atomic E-state index is 5.34. The van der Waals surface area contributed by atoms with E-state index in [0.717, 1.165) is 77.8 Å². The van der Waals surface area contributed by atoms with Gasteiger partial charge in [-0.05, 0) is 75.5 Å². The van der Waals surface area contributed by atoms with Crippen molar-refractivity contribution in [2.24, 2.45) is 0 Å². The SMILES string of the molecule is c1ccc(-c2ccc(-c3ccnc4c3ccc3c(-c5ccc(-c6ccccn6)cc5)cc(-c5ccc6ccccc6c5)nc34)cc2)nc1. The zero-order valence-corrected chi connectivity index (χ0v) is 26.0. The molecule has 4 aromatic heterocycles. The first-order valence-electron chi connectivity index (χ1n) is 16.0. The molecule has 0 radical (unpaired) electrons. The van der Waals surface area contributed by atoms with E-state index in [1.54, 1.807) is 0 Å². The minimum atomic E-state index is 0.882. The summed E-state index contributed by atoms with van der Waals surface area (Å²) in [7, 11) is 0. The molecule has 0 saturated carbocycles. The standard InChI is InChI=1S/C44H28N4/c1-2-8-34-27-35(20-11-29(34)7-1)42-28-39(31-14-18-33(19-15-31)41-10-4-6-25-46-41)38-22-21-37-36(23-26-47-43(37)44(38)48-42)30-12-16-32(17-13-30)40-9-3-5-24-45-40/h1-28H. The first-order chi connectivity index (χ1) is 23.8. The second-order valence-electron chi connectivity index (χ2n) is 11.9. The Morgan fingerprint density at radius 2 is 0.875 bits per heavy atom. The van der Waals surface area contributed by atoms with Crippen molar-refractivity contribution >= 4 is 32.6 Å². The van der Waals surface area contributed by atoms with Gasteiger partial charge in [-0.2, -0.15) is 0 Å². The maximum atomic E-state index is 5.34. The van der Waals surface area contributed by atoms with E-state index in [0.29, 0.717) is 0 Å². The number of rotatable bonds is 5. The van der Waals surface area contributed by atoms with Crippen molar-refractivity contribution in [1.29, 1.82) is 0 Å². The predicted octanol–water partition coefficient (Wildman–Crippen LogP) is 11.1. The molecule has 9 aromatic rings. The van der Waals surface area contributed by atoms with Crippen LogP contribution in [0.15, 0.2) is 170 Å². The highest BCUT2D eigenvalue weighted by Gasteiger charge is 2.16. The third kappa shape index (κ3) is 4.97. The summed E-state index contributed by atoms with van der Waals surface area (Å²) in [5.74, 6) is 0. The first kappa shape index (κ1) is 27.8. The molecule has 0 N–H and O–H groups in total. The van der Waals surface area contributed by atoms with Crippen LogP contribution in [-0.4, -0.2) is 19.9 Å². The fraction of sp³-hybridized carbons (Fsp3) is 0. The number of benzene rings is 5. The van der Waals surface area contributed by atoms with Gasteiger partial charge in [-0.15, -0.1) is 0 Å². The summed E-state index contributed by atoms with van der Waals surface area (Å²) in [6, 6.07) is 52.9. The lowest BCUT2D eigenvalue weighted by Gasteiger charge is -2.14. The summed E-state index contributed by atoms with van der Waals surface area (Å²) in [5.41, 5.74) is 12.3. The highest BCUT2D eigenvalue weighted by atomic mass is 14.8. The number of pyridine rings is 4. The van der Waals surface area contributed by atoms with Crippen molar-refractivity contribution in [2.45, 2.75) is 0 Å². The molecular formula is C44H28N4. The van der Waals surface area contributed by atoms with E-state index in [4.69, 9.17) is 9.97 Å². The van der Waals surface area contributed by atoms with Crippen LogP contribution in [0.2, 0.25) is 0 Å². The number of hydrogen-bond acceptors (Lipinski definition) is 4. The molecule has 0 saturated heterocycles. The molecule has 48 heavy (non-hydrogen) atoms. The van der Waals surface area contributed by atoms with Gasteiger partial charge in [-0.1, -0.05) is 109 Å². The maximum Gasteiger partial charge on any atom is 0.0978 e. The normalized spacial score (nSPS) is 11.3. The molecule has 4 heterocycles. The Morgan fingerprint density at radius 1 is 0.312 bits per heavy atom. The second-order valence-corrected chi connectivity index (χ2v) is 11.9. The van der Waals surface area contributed by atoms with Crippen LogP contribution in [0.5, 0.6) is 0 Å². The molecule has 0 unspecified atom stereocenters. The second kappa shape index (κ2) is 11.7. The van der Waals surface area contributed by atoms with E-state index >= 15 is 0 Å². The van der Waals surface area contributed by atoms with E-state index in [1.165, 1.54) is 10.8 Å². The molecule has 9 rings (SSSR count). The summed E-state index contributed by atoms with van der Waals surface area (Å²) >= 11 is 0. The summed E-state index contributed by atoms with van der Waals surface area (Å²) in [6.45, 7) is 0. The zero-order valence-electron chi connectivity index (χ0n) is 26.0. The third-order valence-electron chi connectivity index (χ3n) is 9.05. The summed E-state index contributed by atoms with van der Waals surface area (Å²) in [4.78, 5) is 19.4. The van der Waals surface area contributed by atoms with Crippen LogP contribution < -0.4 is 0 Å². The highest BCUT2D eigenvalue weighted by Crippen LogP contribution is 2.38. The molecule has 0 amide bonds. The van der Waals surface area contributed by atoms with Crippen molar-refractivity contribution in [3.05, 3.63) is 170 Å². The monoisotopic (exact) mass is 612 g/mol. The lowest BCUT2D eigenvalue weighted by atomic mass is 9.93. The van der Waals surface area contributed by atoms with Crippen LogP contribution in [0, 0.1) is 0 Å². The Bertz CT molecular complexity index is 2580. The molecule has 0 aliphatic rings. The summed E-state index contributed by atoms with van der Waals surface area (Å²) in [5, 5.41) is 4.52.